The number of aliphatic hydroxyl groups excluding tert-OH is 1. The van der Waals surface area contributed by atoms with Crippen LogP contribution >= 0.6 is 0 Å². The van der Waals surface area contributed by atoms with Crippen LogP contribution < -0.4 is 0 Å². The van der Waals surface area contributed by atoms with Gasteiger partial charge >= 0.3 is 0 Å². The lowest BCUT2D eigenvalue weighted by Gasteiger charge is -2.38. The summed E-state index contributed by atoms with van der Waals surface area (Å²) in [4.78, 5) is 15.4. The fourth-order valence-corrected chi connectivity index (χ4v) is 2.42. The summed E-state index contributed by atoms with van der Waals surface area (Å²) in [5, 5.41) is 8.74. The zero-order valence-electron chi connectivity index (χ0n) is 7.94. The molecule has 0 aromatic carbocycles. The summed E-state index contributed by atoms with van der Waals surface area (Å²) in [5.74, 6) is -0.120. The molecule has 0 saturated carbocycles. The van der Waals surface area contributed by atoms with Gasteiger partial charge in [0.2, 0.25) is 5.91 Å². The number of likely N-dealkylation sites (tertiary alicyclic amines) is 1. The lowest BCUT2D eigenvalue weighted by molar-refractivity contribution is -0.137. The molecule has 0 radical (unpaired) electrons. The van der Waals surface area contributed by atoms with Gasteiger partial charge in [0, 0.05) is 25.2 Å². The van der Waals surface area contributed by atoms with Crippen LogP contribution in [0, 0.1) is 0 Å². The minimum atomic E-state index is -0.344. The average Bonchev–Trinajstić information content (AvgIpc) is 2.42. The Kier molecular flexibility index (Phi) is 2.26. The molecule has 2 unspecified atom stereocenters. The molecule has 1 N–H and O–H groups in total. The molecule has 2 bridgehead atoms. The van der Waals surface area contributed by atoms with Crippen LogP contribution in [0.25, 0.3) is 0 Å². The maximum atomic E-state index is 11.2. The highest BCUT2D eigenvalue weighted by Crippen LogP contribution is 2.28. The van der Waals surface area contributed by atoms with Crippen molar-refractivity contribution in [3.8, 4) is 0 Å². The molecule has 74 valence electrons. The quantitative estimate of drug-likeness (QED) is 0.585. The van der Waals surface area contributed by atoms with Gasteiger partial charge < -0.3 is 10.0 Å². The van der Waals surface area contributed by atoms with Gasteiger partial charge in [-0.2, -0.15) is 0 Å². The highest BCUT2D eigenvalue weighted by atomic mass is 16.3. The van der Waals surface area contributed by atoms with E-state index in [1.165, 1.54) is 12.8 Å². The number of hydrogen-bond donors (Lipinski definition) is 1. The number of rotatable bonds is 1. The molecular weight excluding hydrogens is 168 g/mol. The number of aliphatic hydroxyl groups is 1. The molecule has 0 aromatic heterocycles. The fraction of sp³-hybridized carbons (Fsp3) is 0.889. The number of amides is 1. The van der Waals surface area contributed by atoms with Gasteiger partial charge in [-0.05, 0) is 19.9 Å². The van der Waals surface area contributed by atoms with E-state index < -0.39 is 0 Å². The summed E-state index contributed by atoms with van der Waals surface area (Å²) in [6.45, 7) is 1.25. The van der Waals surface area contributed by atoms with Crippen molar-refractivity contribution < 1.29 is 9.90 Å². The Balaban J connectivity index is 2.02. The van der Waals surface area contributed by atoms with E-state index in [2.05, 4.69) is 11.9 Å². The summed E-state index contributed by atoms with van der Waals surface area (Å²) < 4.78 is 0. The van der Waals surface area contributed by atoms with Gasteiger partial charge in [-0.3, -0.25) is 9.69 Å². The van der Waals surface area contributed by atoms with E-state index in [0.717, 1.165) is 13.1 Å². The van der Waals surface area contributed by atoms with E-state index in [1.54, 1.807) is 4.90 Å². The lowest BCUT2D eigenvalue weighted by Crippen LogP contribution is -2.54. The van der Waals surface area contributed by atoms with E-state index in [-0.39, 0.29) is 12.5 Å². The molecule has 2 aliphatic rings. The van der Waals surface area contributed by atoms with Crippen LogP contribution in [0.1, 0.15) is 12.8 Å². The van der Waals surface area contributed by atoms with Crippen molar-refractivity contribution in [1.82, 2.24) is 9.80 Å². The van der Waals surface area contributed by atoms with Crippen molar-refractivity contribution in [3.05, 3.63) is 0 Å². The lowest BCUT2D eigenvalue weighted by atomic mass is 10.2. The number of likely N-dealkylation sites (N-methyl/N-ethyl adjacent to an activating group) is 1. The largest absolute Gasteiger partial charge is 0.387 e. The second-order valence-corrected chi connectivity index (χ2v) is 4.01. The highest BCUT2D eigenvalue weighted by molar-refractivity contribution is 5.77. The zero-order chi connectivity index (χ0) is 9.42. The van der Waals surface area contributed by atoms with Crippen LogP contribution in [0.15, 0.2) is 0 Å². The van der Waals surface area contributed by atoms with Gasteiger partial charge in [-0.15, -0.1) is 0 Å². The highest BCUT2D eigenvalue weighted by Gasteiger charge is 2.38. The van der Waals surface area contributed by atoms with E-state index in [9.17, 15) is 4.79 Å². The molecule has 4 nitrogen and oxygen atoms in total. The second kappa shape index (κ2) is 3.27. The van der Waals surface area contributed by atoms with E-state index in [0.29, 0.717) is 12.1 Å². The molecule has 2 rings (SSSR count). The van der Waals surface area contributed by atoms with Crippen LogP contribution in [0.2, 0.25) is 0 Å². The first-order valence-electron chi connectivity index (χ1n) is 4.83. The summed E-state index contributed by atoms with van der Waals surface area (Å²) in [6.07, 6.45) is 2.38. The van der Waals surface area contributed by atoms with E-state index >= 15 is 0 Å². The number of nitrogens with zero attached hydrogens (tertiary/aromatic N) is 2. The molecule has 4 heteroatoms. The van der Waals surface area contributed by atoms with Gasteiger partial charge in [-0.1, -0.05) is 0 Å². The van der Waals surface area contributed by atoms with Crippen molar-refractivity contribution in [2.24, 2.45) is 0 Å². The van der Waals surface area contributed by atoms with Crippen molar-refractivity contribution in [2.75, 3.05) is 26.7 Å². The first kappa shape index (κ1) is 8.97. The molecule has 2 fully saturated rings. The summed E-state index contributed by atoms with van der Waals surface area (Å²) in [7, 11) is 2.13. The average molecular weight is 184 g/mol. The van der Waals surface area contributed by atoms with Gasteiger partial charge in [0.05, 0.1) is 0 Å². The number of carbonyl (C=O) groups is 1. The molecule has 0 aromatic rings. The maximum absolute atomic E-state index is 11.2. The SMILES string of the molecule is CN1C2CCC1CN(C(=O)CO)C2. The fourth-order valence-electron chi connectivity index (χ4n) is 2.42. The van der Waals surface area contributed by atoms with Gasteiger partial charge in [-0.25, -0.2) is 0 Å². The molecule has 13 heavy (non-hydrogen) atoms. The third-order valence-corrected chi connectivity index (χ3v) is 3.34. The Morgan fingerprint density at radius 1 is 1.38 bits per heavy atom. The van der Waals surface area contributed by atoms with Gasteiger partial charge in [0.15, 0.2) is 0 Å². The molecule has 1 amide bonds. The number of fused-ring (bicyclic) bond motifs is 2. The topological polar surface area (TPSA) is 43.8 Å². The minimum Gasteiger partial charge on any atom is -0.387 e. The molecule has 0 spiro atoms. The van der Waals surface area contributed by atoms with Gasteiger partial charge in [0.25, 0.3) is 0 Å². The zero-order valence-corrected chi connectivity index (χ0v) is 7.94. The molecule has 0 aliphatic carbocycles. The first-order valence-corrected chi connectivity index (χ1v) is 4.83. The van der Waals surface area contributed by atoms with Crippen LogP contribution in [-0.2, 0) is 4.79 Å². The first-order chi connectivity index (χ1) is 6.22. The molecule has 2 aliphatic heterocycles. The summed E-state index contributed by atoms with van der Waals surface area (Å²) >= 11 is 0. The molecule has 2 heterocycles. The summed E-state index contributed by atoms with van der Waals surface area (Å²) in [5.41, 5.74) is 0. The third kappa shape index (κ3) is 1.44. The Bertz CT molecular complexity index is 206. The molecule has 2 atom stereocenters. The van der Waals surface area contributed by atoms with Gasteiger partial charge in [0.1, 0.15) is 6.61 Å². The number of carbonyl (C=O) groups excluding carboxylic acids is 1. The monoisotopic (exact) mass is 184 g/mol. The third-order valence-electron chi connectivity index (χ3n) is 3.34. The smallest absolute Gasteiger partial charge is 0.248 e. The predicted octanol–water partition coefficient (Wildman–Crippen LogP) is -0.716. The Morgan fingerprint density at radius 3 is 2.38 bits per heavy atom. The van der Waals surface area contributed by atoms with Crippen LogP contribution in [0.3, 0.4) is 0 Å². The Hall–Kier alpha value is -0.610. The van der Waals surface area contributed by atoms with E-state index in [4.69, 9.17) is 5.11 Å². The normalized spacial score (nSPS) is 33.8. The predicted molar refractivity (Wildman–Crippen MR) is 48.2 cm³/mol. The number of piperazine rings is 1. The second-order valence-electron chi connectivity index (χ2n) is 4.01. The van der Waals surface area contributed by atoms with Crippen molar-refractivity contribution in [1.29, 1.82) is 0 Å². The Morgan fingerprint density at radius 2 is 1.92 bits per heavy atom. The minimum absolute atomic E-state index is 0.120. The van der Waals surface area contributed by atoms with Crippen molar-refractivity contribution in [3.63, 3.8) is 0 Å². The molecular formula is C9H16N2O2. The Labute approximate surface area is 78.1 Å². The standard InChI is InChI=1S/C9H16N2O2/c1-10-7-2-3-8(10)5-11(4-7)9(13)6-12/h7-8,12H,2-6H2,1H3. The number of hydrogen-bond acceptors (Lipinski definition) is 3. The summed E-state index contributed by atoms with van der Waals surface area (Å²) in [6, 6.07) is 1.04. The maximum Gasteiger partial charge on any atom is 0.248 e. The van der Waals surface area contributed by atoms with Crippen LogP contribution in [0.5, 0.6) is 0 Å². The van der Waals surface area contributed by atoms with Crippen molar-refractivity contribution >= 4 is 5.91 Å². The van der Waals surface area contributed by atoms with Crippen LogP contribution in [0.4, 0.5) is 0 Å². The van der Waals surface area contributed by atoms with E-state index in [1.807, 2.05) is 0 Å². The molecule has 2 saturated heterocycles. The van der Waals surface area contributed by atoms with Crippen LogP contribution in [-0.4, -0.2) is 59.6 Å². The van der Waals surface area contributed by atoms with Crippen molar-refractivity contribution in [2.45, 2.75) is 24.9 Å².